The highest BCUT2D eigenvalue weighted by Gasteiger charge is 2.49. The molecule has 6 nitrogen and oxygen atoms in total. The lowest BCUT2D eigenvalue weighted by atomic mass is 9.75. The van der Waals surface area contributed by atoms with Crippen LogP contribution in [0.4, 0.5) is 4.79 Å². The Bertz CT molecular complexity index is 449. The number of nitrogens with zero attached hydrogens (tertiary/aromatic N) is 1. The Hall–Kier alpha value is -0.820. The van der Waals surface area contributed by atoms with Gasteiger partial charge in [-0.2, -0.15) is 8.42 Å². The number of amides is 1. The van der Waals surface area contributed by atoms with Gasteiger partial charge in [0.15, 0.2) is 0 Å². The molecule has 0 aromatic rings. The molecule has 1 amide bonds. The molecule has 1 saturated heterocycles. The third-order valence-corrected chi connectivity index (χ3v) is 3.49. The van der Waals surface area contributed by atoms with Gasteiger partial charge in [0.2, 0.25) is 0 Å². The molecule has 0 aromatic carbocycles. The summed E-state index contributed by atoms with van der Waals surface area (Å²) in [5.41, 5.74) is -0.749. The fourth-order valence-electron chi connectivity index (χ4n) is 1.98. The molecule has 1 rings (SSSR count). The van der Waals surface area contributed by atoms with Crippen LogP contribution in [0.25, 0.3) is 0 Å². The topological polar surface area (TPSA) is 72.9 Å². The molecule has 112 valence electrons. The van der Waals surface area contributed by atoms with E-state index in [4.69, 9.17) is 8.92 Å². The van der Waals surface area contributed by atoms with E-state index >= 15 is 0 Å². The number of hydrogen-bond donors (Lipinski definition) is 0. The summed E-state index contributed by atoms with van der Waals surface area (Å²) in [5.74, 6) is 0. The largest absolute Gasteiger partial charge is 0.444 e. The van der Waals surface area contributed by atoms with Crippen LogP contribution in [0.1, 0.15) is 34.6 Å². The van der Waals surface area contributed by atoms with Gasteiger partial charge in [-0.1, -0.05) is 13.8 Å². The Balaban J connectivity index is 2.68. The van der Waals surface area contributed by atoms with Crippen LogP contribution in [-0.2, 0) is 19.0 Å². The first-order valence-electron chi connectivity index (χ1n) is 6.16. The number of ether oxygens (including phenoxy) is 1. The Kier molecular flexibility index (Phi) is 4.22. The maximum Gasteiger partial charge on any atom is 0.410 e. The van der Waals surface area contributed by atoms with Gasteiger partial charge in [-0.25, -0.2) is 4.79 Å². The van der Waals surface area contributed by atoms with Crippen molar-refractivity contribution in [3.05, 3.63) is 0 Å². The molecular formula is C12H23NO5S. The first-order chi connectivity index (χ1) is 8.32. The third kappa shape index (κ3) is 4.65. The Morgan fingerprint density at radius 3 is 2.26 bits per heavy atom. The smallest absolute Gasteiger partial charge is 0.410 e. The lowest BCUT2D eigenvalue weighted by Crippen LogP contribution is -2.66. The van der Waals surface area contributed by atoms with Gasteiger partial charge in [-0.15, -0.1) is 0 Å². The zero-order valence-corrected chi connectivity index (χ0v) is 13.2. The van der Waals surface area contributed by atoms with Gasteiger partial charge in [0, 0.05) is 12.0 Å². The molecule has 0 spiro atoms. The Morgan fingerprint density at radius 1 is 1.37 bits per heavy atom. The summed E-state index contributed by atoms with van der Waals surface area (Å²) < 4.78 is 32.2. The first kappa shape index (κ1) is 16.2. The number of rotatable bonds is 3. The van der Waals surface area contributed by atoms with E-state index in [2.05, 4.69) is 0 Å². The number of likely N-dealkylation sites (tertiary alicyclic amines) is 1. The van der Waals surface area contributed by atoms with Gasteiger partial charge in [0.05, 0.1) is 18.9 Å². The highest BCUT2D eigenvalue weighted by atomic mass is 32.2. The van der Waals surface area contributed by atoms with Gasteiger partial charge < -0.3 is 9.64 Å². The SMILES string of the molecule is CC(C)(C)OC(=O)N1CC(C)(C)C1COS(C)(=O)=O. The molecule has 0 aromatic heterocycles. The molecule has 0 radical (unpaired) electrons. The fraction of sp³-hybridized carbons (Fsp3) is 0.917. The summed E-state index contributed by atoms with van der Waals surface area (Å²) in [5, 5.41) is 0. The van der Waals surface area contributed by atoms with Crippen molar-refractivity contribution in [1.29, 1.82) is 0 Å². The molecule has 1 heterocycles. The van der Waals surface area contributed by atoms with Crippen molar-refractivity contribution in [2.45, 2.75) is 46.3 Å². The van der Waals surface area contributed by atoms with Crippen LogP contribution in [0.3, 0.4) is 0 Å². The molecule has 7 heteroatoms. The highest BCUT2D eigenvalue weighted by molar-refractivity contribution is 7.85. The van der Waals surface area contributed by atoms with Gasteiger partial charge in [-0.3, -0.25) is 4.18 Å². The van der Waals surface area contributed by atoms with Crippen molar-refractivity contribution in [3.8, 4) is 0 Å². The van der Waals surface area contributed by atoms with E-state index in [1.54, 1.807) is 20.8 Å². The van der Waals surface area contributed by atoms with Gasteiger partial charge >= 0.3 is 6.09 Å². The van der Waals surface area contributed by atoms with Crippen LogP contribution in [0.5, 0.6) is 0 Å². The van der Waals surface area contributed by atoms with Gasteiger partial charge in [-0.05, 0) is 20.8 Å². The molecule has 19 heavy (non-hydrogen) atoms. The number of carbonyl (C=O) groups is 1. The molecule has 0 aliphatic carbocycles. The lowest BCUT2D eigenvalue weighted by molar-refractivity contribution is -0.0772. The molecular weight excluding hydrogens is 270 g/mol. The second-order valence-corrected chi connectivity index (χ2v) is 8.25. The monoisotopic (exact) mass is 293 g/mol. The minimum Gasteiger partial charge on any atom is -0.444 e. The summed E-state index contributed by atoms with van der Waals surface area (Å²) in [6.45, 7) is 9.78. The normalized spacial score (nSPS) is 22.8. The van der Waals surface area contributed by atoms with Crippen LogP contribution in [0, 0.1) is 5.41 Å². The zero-order chi connectivity index (χ0) is 15.1. The van der Waals surface area contributed by atoms with E-state index in [1.165, 1.54) is 4.90 Å². The summed E-state index contributed by atoms with van der Waals surface area (Å²) in [6, 6.07) is -0.294. The molecule has 1 unspecified atom stereocenters. The summed E-state index contributed by atoms with van der Waals surface area (Å²) >= 11 is 0. The van der Waals surface area contributed by atoms with E-state index in [9.17, 15) is 13.2 Å². The standard InChI is InChI=1S/C12H23NO5S/c1-11(2,3)18-10(14)13-8-12(4,5)9(13)7-17-19(6,15)16/h9H,7-8H2,1-6H3. The van der Waals surface area contributed by atoms with E-state index in [1.807, 2.05) is 13.8 Å². The minimum absolute atomic E-state index is 0.0366. The summed E-state index contributed by atoms with van der Waals surface area (Å²) in [7, 11) is -3.51. The van der Waals surface area contributed by atoms with Crippen LogP contribution in [0.2, 0.25) is 0 Å². The van der Waals surface area contributed by atoms with Crippen molar-refractivity contribution in [2.75, 3.05) is 19.4 Å². The lowest BCUT2D eigenvalue weighted by Gasteiger charge is -2.53. The van der Waals surface area contributed by atoms with Crippen molar-refractivity contribution in [1.82, 2.24) is 4.90 Å². The molecule has 1 aliphatic heterocycles. The molecule has 0 bridgehead atoms. The Morgan fingerprint density at radius 2 is 1.89 bits per heavy atom. The Labute approximate surface area is 115 Å². The van der Waals surface area contributed by atoms with Crippen molar-refractivity contribution in [2.24, 2.45) is 5.41 Å². The maximum absolute atomic E-state index is 12.0. The second-order valence-electron chi connectivity index (χ2n) is 6.60. The number of hydrogen-bond acceptors (Lipinski definition) is 5. The number of carbonyl (C=O) groups excluding carboxylic acids is 1. The molecule has 1 atom stereocenters. The van der Waals surface area contributed by atoms with Crippen LogP contribution in [0.15, 0.2) is 0 Å². The quantitative estimate of drug-likeness (QED) is 0.739. The minimum atomic E-state index is -3.51. The van der Waals surface area contributed by atoms with Gasteiger partial charge in [0.1, 0.15) is 5.60 Å². The maximum atomic E-state index is 12.0. The summed E-state index contributed by atoms with van der Waals surface area (Å²) in [4.78, 5) is 13.5. The van der Waals surface area contributed by atoms with Crippen molar-refractivity contribution < 1.29 is 22.1 Å². The first-order valence-corrected chi connectivity index (χ1v) is 7.97. The molecule has 0 saturated carbocycles. The van der Waals surface area contributed by atoms with E-state index in [0.717, 1.165) is 6.26 Å². The molecule has 1 fully saturated rings. The van der Waals surface area contributed by atoms with Crippen molar-refractivity contribution >= 4 is 16.2 Å². The molecule has 1 aliphatic rings. The van der Waals surface area contributed by atoms with E-state index in [0.29, 0.717) is 6.54 Å². The summed E-state index contributed by atoms with van der Waals surface area (Å²) in [6.07, 6.45) is 0.560. The van der Waals surface area contributed by atoms with E-state index < -0.39 is 21.8 Å². The van der Waals surface area contributed by atoms with Crippen LogP contribution >= 0.6 is 0 Å². The third-order valence-electron chi connectivity index (χ3n) is 2.92. The van der Waals surface area contributed by atoms with Gasteiger partial charge in [0.25, 0.3) is 10.1 Å². The molecule has 0 N–H and O–H groups in total. The predicted octanol–water partition coefficient (Wildman–Crippen LogP) is 1.61. The van der Waals surface area contributed by atoms with E-state index in [-0.39, 0.29) is 18.1 Å². The zero-order valence-electron chi connectivity index (χ0n) is 12.4. The average molecular weight is 293 g/mol. The second kappa shape index (κ2) is 4.94. The predicted molar refractivity (Wildman–Crippen MR) is 71.3 cm³/mol. The van der Waals surface area contributed by atoms with Crippen molar-refractivity contribution in [3.63, 3.8) is 0 Å². The fourth-order valence-corrected chi connectivity index (χ4v) is 2.36. The highest BCUT2D eigenvalue weighted by Crippen LogP contribution is 2.38. The average Bonchev–Trinajstić information content (AvgIpc) is 2.09. The van der Waals surface area contributed by atoms with Crippen LogP contribution < -0.4 is 0 Å². The van der Waals surface area contributed by atoms with Crippen LogP contribution in [-0.4, -0.2) is 50.5 Å².